The van der Waals surface area contributed by atoms with Gasteiger partial charge in [0.1, 0.15) is 0 Å². The molecule has 0 bridgehead atoms. The van der Waals surface area contributed by atoms with Crippen molar-refractivity contribution in [1.29, 1.82) is 0 Å². The molecule has 0 spiro atoms. The van der Waals surface area contributed by atoms with Crippen LogP contribution < -0.4 is 16.0 Å². The molecule has 0 aliphatic heterocycles. The third-order valence-electron chi connectivity index (χ3n) is 4.17. The topological polar surface area (TPSA) is 85.8 Å². The molecule has 1 atom stereocenters. The number of aliphatic imine (C=N–C) groups is 1. The Kier molecular flexibility index (Phi) is 15.8. The first-order chi connectivity index (χ1) is 13.0. The summed E-state index contributed by atoms with van der Waals surface area (Å²) in [5.74, 6) is 1.69. The molecule has 0 fully saturated rings. The number of amides is 1. The molecular weight excluding hydrogens is 467 g/mol. The fraction of sp³-hybridized carbons (Fsp3) is 0.619. The van der Waals surface area contributed by atoms with Gasteiger partial charge in [-0.1, -0.05) is 44.2 Å². The van der Waals surface area contributed by atoms with Gasteiger partial charge >= 0.3 is 0 Å². The van der Waals surface area contributed by atoms with Crippen LogP contribution >= 0.6 is 24.0 Å². The number of carbonyl (C=O) groups is 1. The number of rotatable bonds is 12. The SMILES string of the molecule is CCNC(=NCC(CCO)CC(C)C)NCCC(=O)NCc1ccccc1.I. The molecule has 1 aromatic rings. The lowest BCUT2D eigenvalue weighted by atomic mass is 9.94. The summed E-state index contributed by atoms with van der Waals surface area (Å²) in [5.41, 5.74) is 1.09. The molecule has 0 saturated heterocycles. The summed E-state index contributed by atoms with van der Waals surface area (Å²) < 4.78 is 0. The summed E-state index contributed by atoms with van der Waals surface area (Å²) in [6.45, 7) is 9.10. The Morgan fingerprint density at radius 2 is 1.86 bits per heavy atom. The Morgan fingerprint density at radius 1 is 1.14 bits per heavy atom. The van der Waals surface area contributed by atoms with Crippen molar-refractivity contribution in [3.05, 3.63) is 35.9 Å². The van der Waals surface area contributed by atoms with E-state index in [0.717, 1.165) is 30.9 Å². The molecule has 0 radical (unpaired) electrons. The van der Waals surface area contributed by atoms with Crippen LogP contribution in [0.15, 0.2) is 35.3 Å². The van der Waals surface area contributed by atoms with E-state index in [1.165, 1.54) is 0 Å². The Morgan fingerprint density at radius 3 is 2.46 bits per heavy atom. The van der Waals surface area contributed by atoms with Crippen molar-refractivity contribution in [3.8, 4) is 0 Å². The van der Waals surface area contributed by atoms with E-state index in [1.54, 1.807) is 0 Å². The number of hydrogen-bond acceptors (Lipinski definition) is 3. The third-order valence-corrected chi connectivity index (χ3v) is 4.17. The highest BCUT2D eigenvalue weighted by Gasteiger charge is 2.11. The summed E-state index contributed by atoms with van der Waals surface area (Å²) in [6, 6.07) is 9.88. The van der Waals surface area contributed by atoms with Gasteiger partial charge in [0.25, 0.3) is 0 Å². The van der Waals surface area contributed by atoms with Crippen LogP contribution in [0.25, 0.3) is 0 Å². The van der Waals surface area contributed by atoms with Crippen molar-refractivity contribution in [2.45, 2.75) is 46.6 Å². The number of halogens is 1. The molecule has 0 saturated carbocycles. The van der Waals surface area contributed by atoms with Gasteiger partial charge < -0.3 is 21.1 Å². The summed E-state index contributed by atoms with van der Waals surface area (Å²) in [6.07, 6.45) is 2.21. The van der Waals surface area contributed by atoms with Crippen LogP contribution in [-0.4, -0.2) is 43.2 Å². The monoisotopic (exact) mass is 504 g/mol. The minimum Gasteiger partial charge on any atom is -0.396 e. The van der Waals surface area contributed by atoms with Crippen LogP contribution in [0.2, 0.25) is 0 Å². The minimum absolute atomic E-state index is 0. The Hall–Kier alpha value is -1.35. The normalized spacial score (nSPS) is 12.2. The zero-order valence-corrected chi connectivity index (χ0v) is 19.7. The van der Waals surface area contributed by atoms with Gasteiger partial charge in [-0.05, 0) is 37.2 Å². The van der Waals surface area contributed by atoms with Crippen molar-refractivity contribution in [1.82, 2.24) is 16.0 Å². The summed E-state index contributed by atoms with van der Waals surface area (Å²) in [7, 11) is 0. The molecule has 1 rings (SSSR count). The quantitative estimate of drug-likeness (QED) is 0.200. The van der Waals surface area contributed by atoms with Crippen LogP contribution in [0.3, 0.4) is 0 Å². The van der Waals surface area contributed by atoms with Crippen LogP contribution in [-0.2, 0) is 11.3 Å². The Bertz CT molecular complexity index is 553. The number of hydrogen-bond donors (Lipinski definition) is 4. The lowest BCUT2D eigenvalue weighted by Crippen LogP contribution is -2.39. The number of carbonyl (C=O) groups excluding carboxylic acids is 1. The van der Waals surface area contributed by atoms with Crippen molar-refractivity contribution in [3.63, 3.8) is 0 Å². The first-order valence-corrected chi connectivity index (χ1v) is 9.98. The van der Waals surface area contributed by atoms with Crippen LogP contribution in [0.1, 0.15) is 45.6 Å². The van der Waals surface area contributed by atoms with E-state index >= 15 is 0 Å². The molecule has 0 aliphatic rings. The Labute approximate surface area is 187 Å². The summed E-state index contributed by atoms with van der Waals surface area (Å²) in [5, 5.41) is 18.6. The number of nitrogens with zero attached hydrogens (tertiary/aromatic N) is 1. The van der Waals surface area contributed by atoms with Crippen LogP contribution in [0, 0.1) is 11.8 Å². The number of benzene rings is 1. The van der Waals surface area contributed by atoms with Gasteiger partial charge in [-0.15, -0.1) is 24.0 Å². The van der Waals surface area contributed by atoms with E-state index in [1.807, 2.05) is 37.3 Å². The zero-order chi connectivity index (χ0) is 19.9. The molecular formula is C21H37IN4O2. The smallest absolute Gasteiger partial charge is 0.222 e. The average Bonchev–Trinajstić information content (AvgIpc) is 2.65. The van der Waals surface area contributed by atoms with Gasteiger partial charge in [-0.25, -0.2) is 0 Å². The molecule has 7 heteroatoms. The highest BCUT2D eigenvalue weighted by molar-refractivity contribution is 14.0. The van der Waals surface area contributed by atoms with E-state index in [9.17, 15) is 9.90 Å². The molecule has 0 heterocycles. The standard InChI is InChI=1S/C21H36N4O2.HI/c1-4-22-21(25-16-19(11-13-26)14-17(2)3)23-12-10-20(27)24-15-18-8-6-5-7-9-18;/h5-9,17,19,26H,4,10-16H2,1-3H3,(H,24,27)(H2,22,23,25);1H. The van der Waals surface area contributed by atoms with Gasteiger partial charge in [0, 0.05) is 39.2 Å². The highest BCUT2D eigenvalue weighted by Crippen LogP contribution is 2.15. The predicted octanol–water partition coefficient (Wildman–Crippen LogP) is 2.91. The van der Waals surface area contributed by atoms with Crippen molar-refractivity contribution >= 4 is 35.8 Å². The number of aliphatic hydroxyl groups is 1. The van der Waals surface area contributed by atoms with Gasteiger partial charge in [0.05, 0.1) is 0 Å². The molecule has 28 heavy (non-hydrogen) atoms. The second kappa shape index (κ2) is 16.6. The number of nitrogens with one attached hydrogen (secondary N) is 3. The largest absolute Gasteiger partial charge is 0.396 e. The predicted molar refractivity (Wildman–Crippen MR) is 127 cm³/mol. The van der Waals surface area contributed by atoms with Crippen LogP contribution in [0.4, 0.5) is 0 Å². The molecule has 4 N–H and O–H groups in total. The van der Waals surface area contributed by atoms with E-state index in [0.29, 0.717) is 37.9 Å². The molecule has 1 amide bonds. The van der Waals surface area contributed by atoms with Gasteiger partial charge in [0.15, 0.2) is 5.96 Å². The molecule has 1 aromatic carbocycles. The van der Waals surface area contributed by atoms with E-state index in [4.69, 9.17) is 0 Å². The van der Waals surface area contributed by atoms with Crippen molar-refractivity contribution in [2.24, 2.45) is 16.8 Å². The van der Waals surface area contributed by atoms with Gasteiger partial charge in [-0.2, -0.15) is 0 Å². The molecule has 1 unspecified atom stereocenters. The van der Waals surface area contributed by atoms with E-state index in [-0.39, 0.29) is 36.5 Å². The van der Waals surface area contributed by atoms with Gasteiger partial charge in [-0.3, -0.25) is 9.79 Å². The number of aliphatic hydroxyl groups excluding tert-OH is 1. The van der Waals surface area contributed by atoms with E-state index < -0.39 is 0 Å². The second-order valence-corrected chi connectivity index (χ2v) is 7.17. The van der Waals surface area contributed by atoms with E-state index in [2.05, 4.69) is 34.8 Å². The first kappa shape index (κ1) is 26.6. The van der Waals surface area contributed by atoms with Crippen molar-refractivity contribution < 1.29 is 9.90 Å². The molecule has 6 nitrogen and oxygen atoms in total. The lowest BCUT2D eigenvalue weighted by molar-refractivity contribution is -0.121. The average molecular weight is 504 g/mol. The fourth-order valence-corrected chi connectivity index (χ4v) is 2.87. The lowest BCUT2D eigenvalue weighted by Gasteiger charge is -2.17. The third kappa shape index (κ3) is 12.9. The first-order valence-electron chi connectivity index (χ1n) is 9.98. The molecule has 0 aliphatic carbocycles. The van der Waals surface area contributed by atoms with Crippen LogP contribution in [0.5, 0.6) is 0 Å². The molecule has 0 aromatic heterocycles. The molecule has 160 valence electrons. The maximum Gasteiger partial charge on any atom is 0.222 e. The second-order valence-electron chi connectivity index (χ2n) is 7.17. The Balaban J connectivity index is 0.00000729. The van der Waals surface area contributed by atoms with Gasteiger partial charge in [0.2, 0.25) is 5.91 Å². The number of guanidine groups is 1. The summed E-state index contributed by atoms with van der Waals surface area (Å²) in [4.78, 5) is 16.6. The zero-order valence-electron chi connectivity index (χ0n) is 17.4. The minimum atomic E-state index is 0. The maximum atomic E-state index is 12.0. The fourth-order valence-electron chi connectivity index (χ4n) is 2.87. The maximum absolute atomic E-state index is 12.0. The summed E-state index contributed by atoms with van der Waals surface area (Å²) >= 11 is 0. The van der Waals surface area contributed by atoms with Crippen molar-refractivity contribution in [2.75, 3.05) is 26.2 Å². The highest BCUT2D eigenvalue weighted by atomic mass is 127.